The number of hydrogen-bond donors (Lipinski definition) is 0. The maximum Gasteiger partial charge on any atom is 0.246 e. The molecule has 1 aromatic heterocycles. The molecule has 0 fully saturated rings. The fourth-order valence-corrected chi connectivity index (χ4v) is 3.75. The van der Waals surface area contributed by atoms with Crippen molar-refractivity contribution >= 4 is 46.8 Å². The second kappa shape index (κ2) is 8.00. The molecule has 142 valence electrons. The smallest absolute Gasteiger partial charge is 0.246 e. The van der Waals surface area contributed by atoms with E-state index in [4.69, 9.17) is 39.3 Å². The number of amides is 1. The summed E-state index contributed by atoms with van der Waals surface area (Å²) in [6.07, 6.45) is 3.89. The molecule has 1 aliphatic rings. The van der Waals surface area contributed by atoms with Crippen LogP contribution in [0.1, 0.15) is 16.8 Å². The van der Waals surface area contributed by atoms with Gasteiger partial charge in [-0.3, -0.25) is 4.79 Å². The number of benzene rings is 2. The van der Waals surface area contributed by atoms with Gasteiger partial charge in [0.1, 0.15) is 5.69 Å². The van der Waals surface area contributed by atoms with Crippen molar-refractivity contribution in [3.63, 3.8) is 0 Å². The molecule has 0 N–H and O–H groups in total. The lowest BCUT2D eigenvalue weighted by Gasteiger charge is -2.24. The van der Waals surface area contributed by atoms with Gasteiger partial charge in [0, 0.05) is 38.8 Å². The molecule has 0 saturated carbocycles. The lowest BCUT2D eigenvalue weighted by molar-refractivity contribution is -0.126. The number of fused-ring (bicyclic) bond motifs is 1. The second-order valence-electron chi connectivity index (χ2n) is 6.45. The summed E-state index contributed by atoms with van der Waals surface area (Å²) >= 11 is 18.0. The van der Waals surface area contributed by atoms with Gasteiger partial charge in [-0.05, 0) is 54.5 Å². The van der Waals surface area contributed by atoms with Crippen LogP contribution in [-0.2, 0) is 17.8 Å². The Balaban J connectivity index is 1.49. The topological polar surface area (TPSA) is 46.3 Å². The summed E-state index contributed by atoms with van der Waals surface area (Å²) in [6.45, 7) is 0.996. The Bertz CT molecular complexity index is 1060. The van der Waals surface area contributed by atoms with E-state index in [2.05, 4.69) is 5.16 Å². The van der Waals surface area contributed by atoms with Crippen LogP contribution in [-0.4, -0.2) is 22.5 Å². The summed E-state index contributed by atoms with van der Waals surface area (Å²) < 4.78 is 5.55. The van der Waals surface area contributed by atoms with Crippen molar-refractivity contribution in [3.8, 4) is 11.3 Å². The summed E-state index contributed by atoms with van der Waals surface area (Å²) in [7, 11) is 0. The first-order chi connectivity index (χ1) is 13.5. The first-order valence-corrected chi connectivity index (χ1v) is 9.80. The van der Waals surface area contributed by atoms with E-state index in [1.807, 2.05) is 24.3 Å². The monoisotopic (exact) mass is 432 g/mol. The van der Waals surface area contributed by atoms with E-state index < -0.39 is 0 Å². The summed E-state index contributed by atoms with van der Waals surface area (Å²) in [4.78, 5) is 14.3. The fraction of sp³-hybridized carbons (Fsp3) is 0.143. The van der Waals surface area contributed by atoms with Gasteiger partial charge in [-0.2, -0.15) is 0 Å². The van der Waals surface area contributed by atoms with Crippen molar-refractivity contribution in [3.05, 3.63) is 80.4 Å². The van der Waals surface area contributed by atoms with Crippen molar-refractivity contribution in [1.82, 2.24) is 10.1 Å². The number of hydrogen-bond acceptors (Lipinski definition) is 3. The van der Waals surface area contributed by atoms with Gasteiger partial charge in [0.05, 0.1) is 6.54 Å². The summed E-state index contributed by atoms with van der Waals surface area (Å²) in [6, 6.07) is 12.6. The largest absolute Gasteiger partial charge is 0.356 e. The van der Waals surface area contributed by atoms with Crippen LogP contribution < -0.4 is 0 Å². The van der Waals surface area contributed by atoms with Gasteiger partial charge in [-0.25, -0.2) is 0 Å². The van der Waals surface area contributed by atoms with E-state index in [1.54, 1.807) is 29.2 Å². The molecule has 0 atom stereocenters. The second-order valence-corrected chi connectivity index (χ2v) is 7.73. The molecule has 1 amide bonds. The van der Waals surface area contributed by atoms with Crippen molar-refractivity contribution in [2.45, 2.75) is 13.0 Å². The molecule has 4 nitrogen and oxygen atoms in total. The molecule has 0 unspecified atom stereocenters. The van der Waals surface area contributed by atoms with Crippen LogP contribution >= 0.6 is 34.8 Å². The fourth-order valence-electron chi connectivity index (χ4n) is 3.15. The Morgan fingerprint density at radius 2 is 1.82 bits per heavy atom. The predicted octanol–water partition coefficient (Wildman–Crippen LogP) is 5.90. The van der Waals surface area contributed by atoms with Crippen molar-refractivity contribution in [2.24, 2.45) is 0 Å². The zero-order chi connectivity index (χ0) is 19.7. The highest BCUT2D eigenvalue weighted by atomic mass is 35.5. The summed E-state index contributed by atoms with van der Waals surface area (Å²) in [5.41, 5.74) is 3.48. The molecule has 2 aromatic carbocycles. The van der Waals surface area contributed by atoms with Crippen molar-refractivity contribution in [2.75, 3.05) is 6.54 Å². The normalized spacial score (nSPS) is 13.8. The summed E-state index contributed by atoms with van der Waals surface area (Å²) in [5, 5.41) is 5.89. The van der Waals surface area contributed by atoms with E-state index in [1.165, 1.54) is 6.08 Å². The van der Waals surface area contributed by atoms with Crippen LogP contribution in [0.2, 0.25) is 15.1 Å². The van der Waals surface area contributed by atoms with E-state index in [9.17, 15) is 4.79 Å². The van der Waals surface area contributed by atoms with Gasteiger partial charge in [0.25, 0.3) is 0 Å². The van der Waals surface area contributed by atoms with Gasteiger partial charge in [-0.1, -0.05) is 46.0 Å². The van der Waals surface area contributed by atoms with Crippen molar-refractivity contribution in [1.29, 1.82) is 0 Å². The Morgan fingerprint density at radius 1 is 1.07 bits per heavy atom. The number of aromatic nitrogens is 1. The van der Waals surface area contributed by atoms with Crippen molar-refractivity contribution < 1.29 is 9.32 Å². The van der Waals surface area contributed by atoms with Gasteiger partial charge >= 0.3 is 0 Å². The molecule has 4 rings (SSSR count). The van der Waals surface area contributed by atoms with Gasteiger partial charge in [-0.15, -0.1) is 0 Å². The standard InChI is InChI=1S/C21H15Cl3N2O2/c22-15-5-2-14(3-6-15)21-17-9-10-26(12-19(17)25-28-21)20(27)8-4-13-1-7-16(23)11-18(13)24/h1-8,11H,9-10,12H2/b8-4+. The summed E-state index contributed by atoms with van der Waals surface area (Å²) in [5.74, 6) is 0.634. The molecule has 0 radical (unpaired) electrons. The number of carbonyl (C=O) groups excluding carboxylic acids is 1. The average Bonchev–Trinajstić information content (AvgIpc) is 3.11. The highest BCUT2D eigenvalue weighted by molar-refractivity contribution is 6.35. The molecule has 0 saturated heterocycles. The average molecular weight is 434 g/mol. The maximum atomic E-state index is 12.6. The van der Waals surface area contributed by atoms with Gasteiger partial charge in [0.2, 0.25) is 5.91 Å². The Labute approximate surface area is 177 Å². The zero-order valence-corrected chi connectivity index (χ0v) is 16.9. The van der Waals surface area contributed by atoms with E-state index in [0.717, 1.165) is 28.1 Å². The minimum Gasteiger partial charge on any atom is -0.356 e. The Morgan fingerprint density at radius 3 is 2.57 bits per heavy atom. The van der Waals surface area contributed by atoms with Crippen LogP contribution in [0.25, 0.3) is 17.4 Å². The third-order valence-electron chi connectivity index (χ3n) is 4.63. The Hall–Kier alpha value is -2.27. The SMILES string of the molecule is O=C(/C=C/c1ccc(Cl)cc1Cl)N1CCc2c(noc2-c2ccc(Cl)cc2)C1. The van der Waals surface area contributed by atoms with Crippen LogP contribution in [0.15, 0.2) is 53.1 Å². The molecular weight excluding hydrogens is 419 g/mol. The molecule has 7 heteroatoms. The third-order valence-corrected chi connectivity index (χ3v) is 5.44. The number of rotatable bonds is 3. The minimum atomic E-state index is -0.104. The Kier molecular flexibility index (Phi) is 5.44. The molecule has 0 spiro atoms. The first kappa shape index (κ1) is 19.1. The number of halogens is 3. The lowest BCUT2D eigenvalue weighted by Crippen LogP contribution is -2.34. The molecule has 2 heterocycles. The number of nitrogens with zero attached hydrogens (tertiary/aromatic N) is 2. The molecule has 0 bridgehead atoms. The van der Waals surface area contributed by atoms with E-state index in [0.29, 0.717) is 34.6 Å². The van der Waals surface area contributed by atoms with Gasteiger partial charge in [0.15, 0.2) is 5.76 Å². The molecule has 1 aliphatic heterocycles. The third kappa shape index (κ3) is 3.95. The van der Waals surface area contributed by atoms with E-state index in [-0.39, 0.29) is 5.91 Å². The highest BCUT2D eigenvalue weighted by Crippen LogP contribution is 2.31. The molecular formula is C21H15Cl3N2O2. The minimum absolute atomic E-state index is 0.104. The van der Waals surface area contributed by atoms with Gasteiger partial charge < -0.3 is 9.42 Å². The predicted molar refractivity (Wildman–Crippen MR) is 112 cm³/mol. The zero-order valence-electron chi connectivity index (χ0n) is 14.7. The first-order valence-electron chi connectivity index (χ1n) is 8.66. The van der Waals surface area contributed by atoms with Crippen LogP contribution in [0, 0.1) is 0 Å². The van der Waals surface area contributed by atoms with Crippen LogP contribution in [0.4, 0.5) is 0 Å². The van der Waals surface area contributed by atoms with Crippen LogP contribution in [0.3, 0.4) is 0 Å². The lowest BCUT2D eigenvalue weighted by atomic mass is 10.0. The van der Waals surface area contributed by atoms with E-state index >= 15 is 0 Å². The molecule has 3 aromatic rings. The molecule has 0 aliphatic carbocycles. The maximum absolute atomic E-state index is 12.6. The highest BCUT2D eigenvalue weighted by Gasteiger charge is 2.26. The molecule has 28 heavy (non-hydrogen) atoms. The number of carbonyl (C=O) groups is 1. The van der Waals surface area contributed by atoms with Crippen LogP contribution in [0.5, 0.6) is 0 Å². The quantitative estimate of drug-likeness (QED) is 0.483.